The summed E-state index contributed by atoms with van der Waals surface area (Å²) in [6.45, 7) is 14.7. The number of hydrogen-bond acceptors (Lipinski definition) is 2. The van der Waals surface area contributed by atoms with Crippen molar-refractivity contribution in [2.45, 2.75) is 188 Å². The van der Waals surface area contributed by atoms with E-state index in [9.17, 15) is 0 Å². The average Bonchev–Trinajstić information content (AvgIpc) is 2.81. The zero-order valence-electron chi connectivity index (χ0n) is 24.9. The Kier molecular flexibility index (Phi) is 20.0. The summed E-state index contributed by atoms with van der Waals surface area (Å²) >= 11 is 0. The molecule has 2 nitrogen and oxygen atoms in total. The van der Waals surface area contributed by atoms with Gasteiger partial charge in [-0.15, -0.1) is 0 Å². The smallest absolute Gasteiger partial charge is 0.0211 e. The van der Waals surface area contributed by atoms with Crippen molar-refractivity contribution >= 4 is 0 Å². The Bertz CT molecular complexity index is 416. The highest BCUT2D eigenvalue weighted by Gasteiger charge is 2.49. The lowest BCUT2D eigenvalue weighted by atomic mass is 9.55. The van der Waals surface area contributed by atoms with Crippen LogP contribution < -0.4 is 11.5 Å². The predicted octanol–water partition coefficient (Wildman–Crippen LogP) is 10.3. The van der Waals surface area contributed by atoms with Crippen LogP contribution in [0.3, 0.4) is 0 Å². The first-order chi connectivity index (χ1) is 16.2. The largest absolute Gasteiger partial charge is 0.330 e. The number of hydrogen-bond donors (Lipinski definition) is 2. The van der Waals surface area contributed by atoms with Gasteiger partial charge in [0, 0.05) is 5.54 Å². The van der Waals surface area contributed by atoms with Crippen LogP contribution in [0.1, 0.15) is 183 Å². The first-order valence-electron chi connectivity index (χ1n) is 15.7. The Morgan fingerprint density at radius 3 is 0.971 bits per heavy atom. The summed E-state index contributed by atoms with van der Waals surface area (Å²) in [5, 5.41) is 0. The van der Waals surface area contributed by atoms with Crippen LogP contribution in [0.2, 0.25) is 0 Å². The van der Waals surface area contributed by atoms with E-state index in [1.165, 1.54) is 128 Å². The van der Waals surface area contributed by atoms with Crippen LogP contribution in [0.4, 0.5) is 0 Å². The topological polar surface area (TPSA) is 52.0 Å². The van der Waals surface area contributed by atoms with Gasteiger partial charge in [-0.25, -0.2) is 0 Å². The fourth-order valence-electron chi connectivity index (χ4n) is 5.53. The molecule has 0 aromatic rings. The second kappa shape index (κ2) is 20.0. The quantitative estimate of drug-likeness (QED) is 0.128. The summed E-state index contributed by atoms with van der Waals surface area (Å²) in [5.74, 6) is 0. The van der Waals surface area contributed by atoms with Crippen molar-refractivity contribution in [2.24, 2.45) is 22.3 Å². The second-order valence-electron chi connectivity index (χ2n) is 12.7. The molecule has 34 heavy (non-hydrogen) atoms. The molecule has 0 amide bonds. The Morgan fingerprint density at radius 2 is 0.706 bits per heavy atom. The highest BCUT2D eigenvalue weighted by molar-refractivity contribution is 5.04. The van der Waals surface area contributed by atoms with E-state index in [0.717, 1.165) is 12.8 Å². The van der Waals surface area contributed by atoms with Crippen LogP contribution in [0.25, 0.3) is 0 Å². The van der Waals surface area contributed by atoms with E-state index in [4.69, 9.17) is 11.5 Å². The van der Waals surface area contributed by atoms with Crippen LogP contribution in [0.5, 0.6) is 0 Å². The molecule has 0 saturated heterocycles. The minimum absolute atomic E-state index is 0.0350. The standard InChI is InChI=1S/C32H68N2/c1-7-9-11-13-15-17-19-21-23-25-27-32(34,31(5,6)30(3,4)29-33)28-26-24-22-20-18-16-14-12-10-8-2/h7-29,33-34H2,1-6H3. The van der Waals surface area contributed by atoms with Crippen molar-refractivity contribution in [3.05, 3.63) is 0 Å². The SMILES string of the molecule is CCCCCCCCCCCCC(N)(CCCCCCCCCCCC)C(C)(C)C(C)(C)CN. The zero-order chi connectivity index (χ0) is 25.8. The van der Waals surface area contributed by atoms with E-state index >= 15 is 0 Å². The number of nitrogens with two attached hydrogens (primary N) is 2. The molecule has 0 unspecified atom stereocenters. The van der Waals surface area contributed by atoms with Crippen molar-refractivity contribution < 1.29 is 0 Å². The normalized spacial score (nSPS) is 13.1. The minimum atomic E-state index is -0.115. The molecule has 0 aliphatic rings. The monoisotopic (exact) mass is 481 g/mol. The molecule has 0 bridgehead atoms. The van der Waals surface area contributed by atoms with Gasteiger partial charge >= 0.3 is 0 Å². The zero-order valence-corrected chi connectivity index (χ0v) is 24.9. The van der Waals surface area contributed by atoms with Gasteiger partial charge in [0.1, 0.15) is 0 Å². The van der Waals surface area contributed by atoms with Crippen molar-refractivity contribution in [2.75, 3.05) is 6.54 Å². The summed E-state index contributed by atoms with van der Waals surface area (Å²) in [5.41, 5.74) is 13.5. The second-order valence-corrected chi connectivity index (χ2v) is 12.7. The molecule has 0 aromatic carbocycles. The summed E-state index contributed by atoms with van der Waals surface area (Å²) in [4.78, 5) is 0. The maximum absolute atomic E-state index is 7.30. The molecule has 0 aliphatic heterocycles. The van der Waals surface area contributed by atoms with Gasteiger partial charge in [-0.05, 0) is 30.2 Å². The first kappa shape index (κ1) is 33.9. The van der Waals surface area contributed by atoms with Gasteiger partial charge in [0.05, 0.1) is 0 Å². The van der Waals surface area contributed by atoms with Gasteiger partial charge in [-0.1, -0.05) is 170 Å². The Hall–Kier alpha value is -0.0800. The maximum atomic E-state index is 7.30. The molecule has 2 heteroatoms. The molecule has 0 heterocycles. The van der Waals surface area contributed by atoms with Crippen molar-refractivity contribution in [1.82, 2.24) is 0 Å². The van der Waals surface area contributed by atoms with Crippen LogP contribution in [-0.2, 0) is 0 Å². The lowest BCUT2D eigenvalue weighted by Gasteiger charge is -2.53. The van der Waals surface area contributed by atoms with E-state index in [1.807, 2.05) is 0 Å². The number of rotatable bonds is 25. The average molecular weight is 481 g/mol. The minimum Gasteiger partial charge on any atom is -0.330 e. The van der Waals surface area contributed by atoms with Crippen LogP contribution in [0.15, 0.2) is 0 Å². The molecule has 0 aliphatic carbocycles. The third-order valence-corrected chi connectivity index (χ3v) is 9.40. The number of unbranched alkanes of at least 4 members (excludes halogenated alkanes) is 18. The van der Waals surface area contributed by atoms with Crippen LogP contribution in [0, 0.1) is 10.8 Å². The van der Waals surface area contributed by atoms with Crippen molar-refractivity contribution in [3.8, 4) is 0 Å². The molecular weight excluding hydrogens is 412 g/mol. The maximum Gasteiger partial charge on any atom is 0.0211 e. The summed E-state index contributed by atoms with van der Waals surface area (Å²) in [7, 11) is 0. The Labute approximate surface area is 217 Å². The van der Waals surface area contributed by atoms with Gasteiger partial charge in [0.25, 0.3) is 0 Å². The van der Waals surface area contributed by atoms with E-state index in [0.29, 0.717) is 6.54 Å². The fraction of sp³-hybridized carbons (Fsp3) is 1.00. The fourth-order valence-corrected chi connectivity index (χ4v) is 5.53. The van der Waals surface area contributed by atoms with E-state index in [2.05, 4.69) is 41.5 Å². The van der Waals surface area contributed by atoms with Gasteiger partial charge in [-0.3, -0.25) is 0 Å². The third kappa shape index (κ3) is 13.9. The van der Waals surface area contributed by atoms with Crippen molar-refractivity contribution in [1.29, 1.82) is 0 Å². The van der Waals surface area contributed by atoms with Gasteiger partial charge in [0.15, 0.2) is 0 Å². The molecule has 0 aromatic heterocycles. The lowest BCUT2D eigenvalue weighted by Crippen LogP contribution is -2.60. The molecule has 206 valence electrons. The van der Waals surface area contributed by atoms with Crippen molar-refractivity contribution in [3.63, 3.8) is 0 Å². The molecule has 0 atom stereocenters. The summed E-state index contributed by atoms with van der Waals surface area (Å²) in [6.07, 6.45) is 30.0. The molecule has 0 spiro atoms. The van der Waals surface area contributed by atoms with Gasteiger partial charge in [0.2, 0.25) is 0 Å². The molecular formula is C32H68N2. The van der Waals surface area contributed by atoms with E-state index in [-0.39, 0.29) is 16.4 Å². The Morgan fingerprint density at radius 1 is 0.441 bits per heavy atom. The van der Waals surface area contributed by atoms with Crippen LogP contribution >= 0.6 is 0 Å². The van der Waals surface area contributed by atoms with Gasteiger partial charge in [-0.2, -0.15) is 0 Å². The molecule has 0 radical (unpaired) electrons. The first-order valence-corrected chi connectivity index (χ1v) is 15.7. The molecule has 0 fully saturated rings. The van der Waals surface area contributed by atoms with E-state index in [1.54, 1.807) is 0 Å². The highest BCUT2D eigenvalue weighted by Crippen LogP contribution is 2.49. The Balaban J connectivity index is 4.41. The molecule has 0 rings (SSSR count). The van der Waals surface area contributed by atoms with E-state index < -0.39 is 0 Å². The molecule has 0 saturated carbocycles. The third-order valence-electron chi connectivity index (χ3n) is 9.40. The van der Waals surface area contributed by atoms with Gasteiger partial charge < -0.3 is 11.5 Å². The summed E-state index contributed by atoms with van der Waals surface area (Å²) < 4.78 is 0. The van der Waals surface area contributed by atoms with Crippen LogP contribution in [-0.4, -0.2) is 12.1 Å². The lowest BCUT2D eigenvalue weighted by molar-refractivity contribution is 0.00913. The molecule has 4 N–H and O–H groups in total. The summed E-state index contributed by atoms with van der Waals surface area (Å²) in [6, 6.07) is 0. The predicted molar refractivity (Wildman–Crippen MR) is 156 cm³/mol. The highest BCUT2D eigenvalue weighted by atomic mass is 14.8.